The van der Waals surface area contributed by atoms with Crippen molar-refractivity contribution in [1.29, 1.82) is 0 Å². The summed E-state index contributed by atoms with van der Waals surface area (Å²) < 4.78 is 1.11. The number of thiophene rings is 1. The van der Waals surface area contributed by atoms with E-state index in [4.69, 9.17) is 5.73 Å². The molecule has 0 unspecified atom stereocenters. The van der Waals surface area contributed by atoms with Gasteiger partial charge in [0, 0.05) is 23.4 Å². The molecule has 1 amide bonds. The molecule has 0 bridgehead atoms. The van der Waals surface area contributed by atoms with Crippen LogP contribution in [0.5, 0.6) is 0 Å². The molecule has 0 radical (unpaired) electrons. The van der Waals surface area contributed by atoms with Crippen LogP contribution < -0.4 is 5.73 Å². The van der Waals surface area contributed by atoms with Crippen molar-refractivity contribution in [2.75, 3.05) is 6.54 Å². The van der Waals surface area contributed by atoms with Crippen molar-refractivity contribution in [3.63, 3.8) is 0 Å². The Morgan fingerprint density at radius 1 is 1.47 bits per heavy atom. The summed E-state index contributed by atoms with van der Waals surface area (Å²) in [7, 11) is 0. The number of hydrogen-bond donors (Lipinski definition) is 1. The highest BCUT2D eigenvalue weighted by Gasteiger charge is 2.33. The lowest BCUT2D eigenvalue weighted by atomic mass is 9.94. The van der Waals surface area contributed by atoms with E-state index in [9.17, 15) is 4.79 Å². The van der Waals surface area contributed by atoms with E-state index in [0.717, 1.165) is 36.0 Å². The average molecular weight is 345 g/mol. The van der Waals surface area contributed by atoms with Gasteiger partial charge in [0.2, 0.25) is 5.91 Å². The molecule has 2 N–H and O–H groups in total. The lowest BCUT2D eigenvalue weighted by Crippen LogP contribution is -2.43. The highest BCUT2D eigenvalue weighted by Crippen LogP contribution is 2.31. The summed E-state index contributed by atoms with van der Waals surface area (Å²) in [5.74, 6) is 0.191. The zero-order valence-electron chi connectivity index (χ0n) is 11.3. The van der Waals surface area contributed by atoms with E-state index < -0.39 is 0 Å². The summed E-state index contributed by atoms with van der Waals surface area (Å²) in [6, 6.07) is 4.10. The molecule has 0 spiro atoms. The third-order valence-corrected chi connectivity index (χ3v) is 5.42. The van der Waals surface area contributed by atoms with Gasteiger partial charge in [-0.2, -0.15) is 0 Å². The van der Waals surface area contributed by atoms with Crippen molar-refractivity contribution in [1.82, 2.24) is 4.90 Å². The maximum absolute atomic E-state index is 12.4. The first-order valence-corrected chi connectivity index (χ1v) is 8.44. The van der Waals surface area contributed by atoms with Gasteiger partial charge in [0.1, 0.15) is 0 Å². The van der Waals surface area contributed by atoms with Gasteiger partial charge in [-0.05, 0) is 47.8 Å². The summed E-state index contributed by atoms with van der Waals surface area (Å²) in [5.41, 5.74) is 6.05. The Morgan fingerprint density at radius 2 is 2.16 bits per heavy atom. The van der Waals surface area contributed by atoms with Crippen molar-refractivity contribution >= 4 is 33.2 Å². The van der Waals surface area contributed by atoms with Gasteiger partial charge < -0.3 is 10.6 Å². The minimum absolute atomic E-state index is 0.191. The number of amides is 1. The maximum atomic E-state index is 12.4. The Morgan fingerprint density at radius 3 is 2.68 bits per heavy atom. The van der Waals surface area contributed by atoms with Crippen molar-refractivity contribution in [2.24, 2.45) is 5.73 Å². The second kappa shape index (κ2) is 6.37. The van der Waals surface area contributed by atoms with Crippen LogP contribution in [0.25, 0.3) is 0 Å². The first-order chi connectivity index (χ1) is 9.02. The molecule has 2 rings (SSSR count). The number of nitrogens with zero attached hydrogens (tertiary/aromatic N) is 1. The van der Waals surface area contributed by atoms with E-state index in [1.54, 1.807) is 11.3 Å². The highest BCUT2D eigenvalue weighted by atomic mass is 79.9. The molecule has 0 atom stereocenters. The summed E-state index contributed by atoms with van der Waals surface area (Å²) in [6.07, 6.45) is 4.79. The summed E-state index contributed by atoms with van der Waals surface area (Å²) in [5, 5.41) is 0. The van der Waals surface area contributed by atoms with Crippen molar-refractivity contribution in [3.05, 3.63) is 20.8 Å². The number of carbonyl (C=O) groups excluding carboxylic acids is 1. The van der Waals surface area contributed by atoms with Crippen LogP contribution in [0.3, 0.4) is 0 Å². The Balaban J connectivity index is 1.95. The predicted octanol–water partition coefficient (Wildman–Crippen LogP) is 3.52. The molecule has 1 fully saturated rings. The molecular weight excluding hydrogens is 324 g/mol. The van der Waals surface area contributed by atoms with Crippen LogP contribution in [0, 0.1) is 0 Å². The van der Waals surface area contributed by atoms with Gasteiger partial charge in [-0.1, -0.05) is 12.8 Å². The zero-order chi connectivity index (χ0) is 13.9. The molecule has 19 heavy (non-hydrogen) atoms. The largest absolute Gasteiger partial charge is 0.338 e. The van der Waals surface area contributed by atoms with Crippen LogP contribution in [0.1, 0.15) is 43.9 Å². The molecule has 1 saturated carbocycles. The summed E-state index contributed by atoms with van der Waals surface area (Å²) in [4.78, 5) is 15.5. The minimum atomic E-state index is -0.249. The molecule has 1 heterocycles. The Bertz CT molecular complexity index is 440. The topological polar surface area (TPSA) is 46.3 Å². The van der Waals surface area contributed by atoms with E-state index >= 15 is 0 Å². The molecule has 3 nitrogen and oxygen atoms in total. The molecule has 0 aliphatic heterocycles. The van der Waals surface area contributed by atoms with Gasteiger partial charge in [0.25, 0.3) is 0 Å². The van der Waals surface area contributed by atoms with Gasteiger partial charge in [0.05, 0.1) is 10.3 Å². The molecular formula is C14H21BrN2OS. The SMILES string of the molecule is CCN(Cc1ccc(Br)s1)C(=O)CC1(N)CCCC1. The molecule has 0 aromatic carbocycles. The van der Waals surface area contributed by atoms with Crippen molar-refractivity contribution < 1.29 is 4.79 Å². The Hall–Kier alpha value is -0.390. The van der Waals surface area contributed by atoms with E-state index in [0.29, 0.717) is 13.0 Å². The molecule has 1 aromatic heterocycles. The summed E-state index contributed by atoms with van der Waals surface area (Å²) in [6.45, 7) is 3.46. The number of carbonyl (C=O) groups is 1. The molecule has 0 saturated heterocycles. The summed E-state index contributed by atoms with van der Waals surface area (Å²) >= 11 is 5.14. The van der Waals surface area contributed by atoms with Crippen LogP contribution in [0.4, 0.5) is 0 Å². The van der Waals surface area contributed by atoms with Crippen molar-refractivity contribution in [3.8, 4) is 0 Å². The normalized spacial score (nSPS) is 17.6. The standard InChI is InChI=1S/C14H21BrN2OS/c1-2-17(10-11-5-6-12(15)19-11)13(18)9-14(16)7-3-4-8-14/h5-6H,2-4,7-10,16H2,1H3. The molecule has 1 aliphatic rings. The lowest BCUT2D eigenvalue weighted by Gasteiger charge is -2.27. The fraction of sp³-hybridized carbons (Fsp3) is 0.643. The van der Waals surface area contributed by atoms with Gasteiger partial charge in [-0.3, -0.25) is 4.79 Å². The van der Waals surface area contributed by atoms with E-state index in [1.807, 2.05) is 17.9 Å². The van der Waals surface area contributed by atoms with Crippen LogP contribution in [-0.2, 0) is 11.3 Å². The van der Waals surface area contributed by atoms with E-state index in [-0.39, 0.29) is 11.4 Å². The molecule has 5 heteroatoms. The van der Waals surface area contributed by atoms with E-state index in [1.165, 1.54) is 4.88 Å². The Labute approximate surface area is 127 Å². The number of hydrogen-bond acceptors (Lipinski definition) is 3. The van der Waals surface area contributed by atoms with Gasteiger partial charge >= 0.3 is 0 Å². The fourth-order valence-corrected chi connectivity index (χ4v) is 4.17. The van der Waals surface area contributed by atoms with Crippen LogP contribution in [-0.4, -0.2) is 22.9 Å². The van der Waals surface area contributed by atoms with Crippen LogP contribution in [0.15, 0.2) is 15.9 Å². The van der Waals surface area contributed by atoms with Gasteiger partial charge in [-0.15, -0.1) is 11.3 Å². The average Bonchev–Trinajstić information content (AvgIpc) is 2.95. The number of nitrogens with two attached hydrogens (primary N) is 1. The smallest absolute Gasteiger partial charge is 0.224 e. The predicted molar refractivity (Wildman–Crippen MR) is 83.1 cm³/mol. The zero-order valence-corrected chi connectivity index (χ0v) is 13.7. The lowest BCUT2D eigenvalue weighted by molar-refractivity contribution is -0.132. The highest BCUT2D eigenvalue weighted by molar-refractivity contribution is 9.11. The van der Waals surface area contributed by atoms with Crippen LogP contribution >= 0.6 is 27.3 Å². The third-order valence-electron chi connectivity index (χ3n) is 3.81. The second-order valence-corrected chi connectivity index (χ2v) is 7.91. The first kappa shape index (κ1) is 15.0. The van der Waals surface area contributed by atoms with Gasteiger partial charge in [0.15, 0.2) is 0 Å². The first-order valence-electron chi connectivity index (χ1n) is 6.83. The second-order valence-electron chi connectivity index (χ2n) is 5.36. The monoisotopic (exact) mass is 344 g/mol. The van der Waals surface area contributed by atoms with E-state index in [2.05, 4.69) is 22.0 Å². The quantitative estimate of drug-likeness (QED) is 0.888. The Kier molecular flexibility index (Phi) is 5.03. The molecule has 1 aliphatic carbocycles. The minimum Gasteiger partial charge on any atom is -0.338 e. The maximum Gasteiger partial charge on any atom is 0.224 e. The van der Waals surface area contributed by atoms with Crippen LogP contribution in [0.2, 0.25) is 0 Å². The number of rotatable bonds is 5. The third kappa shape index (κ3) is 4.04. The van der Waals surface area contributed by atoms with Gasteiger partial charge in [-0.25, -0.2) is 0 Å². The molecule has 1 aromatic rings. The molecule has 106 valence electrons. The fourth-order valence-electron chi connectivity index (χ4n) is 2.67. The number of halogens is 1. The van der Waals surface area contributed by atoms with Crippen molar-refractivity contribution in [2.45, 2.75) is 51.1 Å².